The maximum absolute atomic E-state index is 13.6. The molecule has 3 aromatic carbocycles. The van der Waals surface area contributed by atoms with Crippen molar-refractivity contribution in [1.82, 2.24) is 0 Å². The van der Waals surface area contributed by atoms with Crippen molar-refractivity contribution in [3.05, 3.63) is 86.5 Å². The third-order valence-electron chi connectivity index (χ3n) is 5.20. The number of hydrogen-bond acceptors (Lipinski definition) is 3. The van der Waals surface area contributed by atoms with E-state index in [0.717, 1.165) is 25.8 Å². The van der Waals surface area contributed by atoms with E-state index in [0.29, 0.717) is 11.4 Å². The smallest absolute Gasteiger partial charge is 0.264 e. The predicted octanol–water partition coefficient (Wildman–Crippen LogP) is 5.36. The number of aryl methyl sites for hydroxylation is 3. The number of nitrogens with one attached hydrogen (secondary N) is 1. The van der Waals surface area contributed by atoms with Gasteiger partial charge in [0.1, 0.15) is 6.54 Å². The third kappa shape index (κ3) is 5.27. The van der Waals surface area contributed by atoms with Gasteiger partial charge in [-0.05, 0) is 103 Å². The summed E-state index contributed by atoms with van der Waals surface area (Å²) >= 11 is 2.21. The molecule has 0 aliphatic heterocycles. The first-order valence-corrected chi connectivity index (χ1v) is 12.3. The van der Waals surface area contributed by atoms with Crippen molar-refractivity contribution in [3.8, 4) is 0 Å². The van der Waals surface area contributed by atoms with Gasteiger partial charge in [0.05, 0.1) is 10.6 Å². The molecule has 1 N–H and O–H groups in total. The zero-order valence-electron chi connectivity index (χ0n) is 17.9. The van der Waals surface area contributed by atoms with Crippen LogP contribution in [0.15, 0.2) is 65.6 Å². The molecule has 0 fully saturated rings. The summed E-state index contributed by atoms with van der Waals surface area (Å²) in [6.45, 7) is 7.26. The number of benzene rings is 3. The first-order chi connectivity index (χ1) is 14.6. The maximum atomic E-state index is 13.6. The summed E-state index contributed by atoms with van der Waals surface area (Å²) in [5, 5.41) is 2.86. The van der Waals surface area contributed by atoms with Gasteiger partial charge in [0.15, 0.2) is 0 Å². The fourth-order valence-electron chi connectivity index (χ4n) is 3.23. The molecule has 31 heavy (non-hydrogen) atoms. The van der Waals surface area contributed by atoms with Gasteiger partial charge in [0, 0.05) is 9.26 Å². The Hall–Kier alpha value is -2.39. The number of carbonyl (C=O) groups is 1. The molecule has 0 atom stereocenters. The van der Waals surface area contributed by atoms with Crippen molar-refractivity contribution in [3.63, 3.8) is 0 Å². The summed E-state index contributed by atoms with van der Waals surface area (Å²) in [6.07, 6.45) is 0. The van der Waals surface area contributed by atoms with Crippen LogP contribution in [0.4, 0.5) is 11.4 Å². The second kappa shape index (κ2) is 9.40. The van der Waals surface area contributed by atoms with E-state index in [1.165, 1.54) is 4.31 Å². The highest BCUT2D eigenvalue weighted by molar-refractivity contribution is 14.1. The van der Waals surface area contributed by atoms with Crippen molar-refractivity contribution in [1.29, 1.82) is 0 Å². The number of rotatable bonds is 6. The Morgan fingerprint density at radius 1 is 0.935 bits per heavy atom. The first kappa shape index (κ1) is 23.3. The van der Waals surface area contributed by atoms with Crippen LogP contribution in [-0.2, 0) is 14.8 Å². The summed E-state index contributed by atoms with van der Waals surface area (Å²) in [6, 6.07) is 17.8. The molecule has 0 bridgehead atoms. The fourth-order valence-corrected chi connectivity index (χ4v) is 5.36. The lowest BCUT2D eigenvalue weighted by atomic mass is 10.1. The Morgan fingerprint density at radius 3 is 2.26 bits per heavy atom. The molecule has 0 saturated heterocycles. The molecule has 1 amide bonds. The molecule has 5 nitrogen and oxygen atoms in total. The van der Waals surface area contributed by atoms with E-state index in [1.807, 2.05) is 52.0 Å². The normalized spacial score (nSPS) is 11.3. The van der Waals surface area contributed by atoms with Crippen LogP contribution >= 0.6 is 22.6 Å². The Kier molecular flexibility index (Phi) is 7.06. The Labute approximate surface area is 197 Å². The van der Waals surface area contributed by atoms with E-state index in [-0.39, 0.29) is 11.4 Å². The maximum Gasteiger partial charge on any atom is 0.264 e. The van der Waals surface area contributed by atoms with Gasteiger partial charge >= 0.3 is 0 Å². The monoisotopic (exact) mass is 548 g/mol. The van der Waals surface area contributed by atoms with E-state index in [9.17, 15) is 13.2 Å². The molecular weight excluding hydrogens is 523 g/mol. The second-order valence-electron chi connectivity index (χ2n) is 7.55. The van der Waals surface area contributed by atoms with E-state index in [2.05, 4.69) is 27.9 Å². The van der Waals surface area contributed by atoms with Gasteiger partial charge in [-0.3, -0.25) is 9.10 Å². The van der Waals surface area contributed by atoms with Gasteiger partial charge in [-0.25, -0.2) is 8.42 Å². The molecule has 162 valence electrons. The molecule has 0 radical (unpaired) electrons. The highest BCUT2D eigenvalue weighted by atomic mass is 127. The van der Waals surface area contributed by atoms with Gasteiger partial charge in [-0.2, -0.15) is 0 Å². The highest BCUT2D eigenvalue weighted by Gasteiger charge is 2.28. The summed E-state index contributed by atoms with van der Waals surface area (Å²) < 4.78 is 29.4. The van der Waals surface area contributed by atoms with Crippen LogP contribution in [-0.4, -0.2) is 20.9 Å². The van der Waals surface area contributed by atoms with Crippen molar-refractivity contribution in [2.24, 2.45) is 0 Å². The molecule has 0 unspecified atom stereocenters. The zero-order valence-corrected chi connectivity index (χ0v) is 20.9. The van der Waals surface area contributed by atoms with Crippen LogP contribution in [0.25, 0.3) is 0 Å². The van der Waals surface area contributed by atoms with Gasteiger partial charge < -0.3 is 5.32 Å². The van der Waals surface area contributed by atoms with Crippen molar-refractivity contribution in [2.45, 2.75) is 32.6 Å². The summed E-state index contributed by atoms with van der Waals surface area (Å²) in [5.74, 6) is -0.402. The van der Waals surface area contributed by atoms with Crippen molar-refractivity contribution >= 4 is 49.9 Å². The minimum absolute atomic E-state index is 0.150. The number of amides is 1. The molecule has 0 spiro atoms. The zero-order chi connectivity index (χ0) is 22.8. The predicted molar refractivity (Wildman–Crippen MR) is 134 cm³/mol. The first-order valence-electron chi connectivity index (χ1n) is 9.81. The summed E-state index contributed by atoms with van der Waals surface area (Å²) in [5.41, 5.74) is 4.81. The van der Waals surface area contributed by atoms with Crippen molar-refractivity contribution < 1.29 is 13.2 Å². The average molecular weight is 548 g/mol. The molecule has 0 heterocycles. The lowest BCUT2D eigenvalue weighted by molar-refractivity contribution is -0.114. The second-order valence-corrected chi connectivity index (χ2v) is 10.7. The molecular formula is C24H25IN2O3S. The lowest BCUT2D eigenvalue weighted by Gasteiger charge is -2.26. The average Bonchev–Trinajstić information content (AvgIpc) is 2.71. The highest BCUT2D eigenvalue weighted by Crippen LogP contribution is 2.29. The molecule has 7 heteroatoms. The van der Waals surface area contributed by atoms with Gasteiger partial charge in [-0.15, -0.1) is 0 Å². The Morgan fingerprint density at radius 2 is 1.61 bits per heavy atom. The molecule has 0 aliphatic rings. The standard InChI is InChI=1S/C24H25IN2O3S/c1-16-8-11-21(12-9-16)31(29,30)27(23-7-5-6-17(2)19(23)4)15-24(28)26-22-13-10-20(25)14-18(22)3/h5-14H,15H2,1-4H3,(H,26,28). The minimum atomic E-state index is -3.94. The fraction of sp³-hybridized carbons (Fsp3) is 0.208. The van der Waals surface area contributed by atoms with Crippen LogP contribution in [0.3, 0.4) is 0 Å². The Balaban J connectivity index is 2.00. The summed E-state index contributed by atoms with van der Waals surface area (Å²) in [7, 11) is -3.94. The number of halogens is 1. The summed E-state index contributed by atoms with van der Waals surface area (Å²) in [4.78, 5) is 13.1. The number of carbonyl (C=O) groups excluding carboxylic acids is 1. The number of sulfonamides is 1. The number of hydrogen-bond donors (Lipinski definition) is 1. The van der Waals surface area contributed by atoms with Crippen LogP contribution in [0.1, 0.15) is 22.3 Å². The topological polar surface area (TPSA) is 66.5 Å². The third-order valence-corrected chi connectivity index (χ3v) is 7.65. The van der Waals surface area contributed by atoms with Crippen LogP contribution in [0.2, 0.25) is 0 Å². The number of nitrogens with zero attached hydrogens (tertiary/aromatic N) is 1. The quantitative estimate of drug-likeness (QED) is 0.422. The number of anilines is 2. The van der Waals surface area contributed by atoms with Crippen molar-refractivity contribution in [2.75, 3.05) is 16.2 Å². The minimum Gasteiger partial charge on any atom is -0.324 e. The van der Waals surface area contributed by atoms with Gasteiger partial charge in [0.2, 0.25) is 5.91 Å². The van der Waals surface area contributed by atoms with Crippen LogP contribution in [0.5, 0.6) is 0 Å². The molecule has 0 aromatic heterocycles. The van der Waals surface area contributed by atoms with E-state index >= 15 is 0 Å². The molecule has 3 aromatic rings. The molecule has 3 rings (SSSR count). The molecule has 0 aliphatic carbocycles. The van der Waals surface area contributed by atoms with Crippen LogP contribution < -0.4 is 9.62 Å². The Bertz CT molecular complexity index is 1220. The lowest BCUT2D eigenvalue weighted by Crippen LogP contribution is -2.38. The van der Waals surface area contributed by atoms with E-state index in [4.69, 9.17) is 0 Å². The van der Waals surface area contributed by atoms with Crippen LogP contribution in [0, 0.1) is 31.3 Å². The van der Waals surface area contributed by atoms with E-state index < -0.39 is 15.9 Å². The van der Waals surface area contributed by atoms with Gasteiger partial charge in [0.25, 0.3) is 10.0 Å². The SMILES string of the molecule is Cc1ccc(S(=O)(=O)N(CC(=O)Nc2ccc(I)cc2C)c2cccc(C)c2C)cc1. The molecule has 0 saturated carbocycles. The van der Waals surface area contributed by atoms with E-state index in [1.54, 1.807) is 36.4 Å². The van der Waals surface area contributed by atoms with Gasteiger partial charge in [-0.1, -0.05) is 29.8 Å². The largest absolute Gasteiger partial charge is 0.324 e.